The number of hydrogen-bond acceptors (Lipinski definition) is 3. The molecule has 1 aromatic rings. The zero-order valence-corrected chi connectivity index (χ0v) is 12.7. The summed E-state index contributed by atoms with van der Waals surface area (Å²) in [6, 6.07) is 7.61. The molecular formula is C15H24N2OS. The molecule has 1 amide bonds. The Morgan fingerprint density at radius 2 is 1.89 bits per heavy atom. The van der Waals surface area contributed by atoms with Gasteiger partial charge in [-0.1, -0.05) is 6.42 Å². The number of carbonyl (C=O) groups is 1. The van der Waals surface area contributed by atoms with Crippen molar-refractivity contribution < 1.29 is 4.79 Å². The van der Waals surface area contributed by atoms with E-state index in [1.807, 2.05) is 36.0 Å². The van der Waals surface area contributed by atoms with Crippen LogP contribution in [-0.2, 0) is 0 Å². The first kappa shape index (κ1) is 15.9. The number of thioether (sulfide) groups is 1. The van der Waals surface area contributed by atoms with Gasteiger partial charge in [0.15, 0.2) is 0 Å². The van der Waals surface area contributed by atoms with E-state index in [4.69, 9.17) is 0 Å². The van der Waals surface area contributed by atoms with E-state index in [9.17, 15) is 4.79 Å². The zero-order chi connectivity index (χ0) is 13.9. The molecule has 0 atom stereocenters. The number of nitrogens with one attached hydrogen (secondary N) is 2. The van der Waals surface area contributed by atoms with Crippen LogP contribution in [-0.4, -0.2) is 31.0 Å². The summed E-state index contributed by atoms with van der Waals surface area (Å²) in [6.07, 6.45) is 5.59. The van der Waals surface area contributed by atoms with Crippen LogP contribution in [0.5, 0.6) is 0 Å². The highest BCUT2D eigenvalue weighted by atomic mass is 32.2. The first-order valence-electron chi connectivity index (χ1n) is 6.89. The van der Waals surface area contributed by atoms with Crippen molar-refractivity contribution in [3.8, 4) is 0 Å². The van der Waals surface area contributed by atoms with Crippen molar-refractivity contribution in [1.29, 1.82) is 0 Å². The molecule has 0 bridgehead atoms. The van der Waals surface area contributed by atoms with E-state index in [-0.39, 0.29) is 5.91 Å². The minimum atomic E-state index is 0.0212. The fourth-order valence-electron chi connectivity index (χ4n) is 1.80. The summed E-state index contributed by atoms with van der Waals surface area (Å²) >= 11 is 1.87. The van der Waals surface area contributed by atoms with E-state index in [1.54, 1.807) is 0 Å². The number of carbonyl (C=O) groups excluding carboxylic acids is 1. The first-order chi connectivity index (χ1) is 9.27. The van der Waals surface area contributed by atoms with Gasteiger partial charge in [0.05, 0.1) is 0 Å². The topological polar surface area (TPSA) is 41.1 Å². The Balaban J connectivity index is 2.25. The molecule has 0 heterocycles. The molecule has 4 heteroatoms. The quantitative estimate of drug-likeness (QED) is 0.681. The number of hydrogen-bond donors (Lipinski definition) is 2. The Hall–Kier alpha value is -1.16. The van der Waals surface area contributed by atoms with Crippen LogP contribution in [0.3, 0.4) is 0 Å². The Bertz CT molecular complexity index is 365. The maximum absolute atomic E-state index is 11.9. The lowest BCUT2D eigenvalue weighted by atomic mass is 10.2. The summed E-state index contributed by atoms with van der Waals surface area (Å²) in [5, 5.41) is 6.17. The van der Waals surface area contributed by atoms with Crippen molar-refractivity contribution in [2.24, 2.45) is 0 Å². The van der Waals surface area contributed by atoms with Gasteiger partial charge in [0, 0.05) is 24.3 Å². The van der Waals surface area contributed by atoms with Gasteiger partial charge in [-0.15, -0.1) is 0 Å². The molecule has 0 aromatic heterocycles. The fourth-order valence-corrected chi connectivity index (χ4v) is 2.29. The minimum absolute atomic E-state index is 0.0212. The molecular weight excluding hydrogens is 256 g/mol. The number of amides is 1. The monoisotopic (exact) mass is 280 g/mol. The average molecular weight is 280 g/mol. The Morgan fingerprint density at radius 1 is 1.16 bits per heavy atom. The number of rotatable bonds is 9. The lowest BCUT2D eigenvalue weighted by Crippen LogP contribution is -2.24. The van der Waals surface area contributed by atoms with Gasteiger partial charge in [-0.3, -0.25) is 4.79 Å². The molecule has 0 aliphatic rings. The van der Waals surface area contributed by atoms with Crippen LogP contribution in [0, 0.1) is 0 Å². The van der Waals surface area contributed by atoms with E-state index < -0.39 is 0 Å². The van der Waals surface area contributed by atoms with Gasteiger partial charge in [-0.05, 0) is 56.0 Å². The van der Waals surface area contributed by atoms with Crippen molar-refractivity contribution in [3.63, 3.8) is 0 Å². The molecule has 106 valence electrons. The molecule has 2 N–H and O–H groups in total. The second kappa shape index (κ2) is 9.73. The molecule has 1 rings (SSSR count). The second-order valence-corrected chi connectivity index (χ2v) is 5.40. The normalized spacial score (nSPS) is 10.2. The fraction of sp³-hybridized carbons (Fsp3) is 0.533. The van der Waals surface area contributed by atoms with Crippen LogP contribution in [0.2, 0.25) is 0 Å². The van der Waals surface area contributed by atoms with E-state index in [0.29, 0.717) is 0 Å². The summed E-state index contributed by atoms with van der Waals surface area (Å²) in [4.78, 5) is 11.9. The van der Waals surface area contributed by atoms with E-state index in [2.05, 4.69) is 23.8 Å². The maximum atomic E-state index is 11.9. The zero-order valence-electron chi connectivity index (χ0n) is 11.9. The third-order valence-electron chi connectivity index (χ3n) is 2.84. The molecule has 1 aromatic carbocycles. The van der Waals surface area contributed by atoms with Crippen molar-refractivity contribution >= 4 is 23.4 Å². The predicted molar refractivity (Wildman–Crippen MR) is 85.2 cm³/mol. The Labute approximate surface area is 120 Å². The van der Waals surface area contributed by atoms with Crippen molar-refractivity contribution in [1.82, 2.24) is 5.32 Å². The molecule has 0 aliphatic carbocycles. The summed E-state index contributed by atoms with van der Waals surface area (Å²) < 4.78 is 0. The van der Waals surface area contributed by atoms with Gasteiger partial charge >= 0.3 is 0 Å². The van der Waals surface area contributed by atoms with E-state index in [1.165, 1.54) is 18.6 Å². The van der Waals surface area contributed by atoms with Crippen molar-refractivity contribution in [2.75, 3.05) is 30.4 Å². The highest BCUT2D eigenvalue weighted by molar-refractivity contribution is 7.98. The molecule has 0 saturated carbocycles. The Morgan fingerprint density at radius 3 is 2.53 bits per heavy atom. The molecule has 0 unspecified atom stereocenters. The van der Waals surface area contributed by atoms with Gasteiger partial charge in [-0.2, -0.15) is 11.8 Å². The molecule has 0 radical (unpaired) electrons. The molecule has 0 saturated heterocycles. The van der Waals surface area contributed by atoms with E-state index in [0.717, 1.165) is 30.8 Å². The predicted octanol–water partition coefficient (Wildman–Crippen LogP) is 3.38. The first-order valence-corrected chi connectivity index (χ1v) is 8.28. The summed E-state index contributed by atoms with van der Waals surface area (Å²) in [5.41, 5.74) is 1.78. The third kappa shape index (κ3) is 6.53. The summed E-state index contributed by atoms with van der Waals surface area (Å²) in [5.74, 6) is 1.23. The van der Waals surface area contributed by atoms with Gasteiger partial charge in [0.25, 0.3) is 5.91 Å². The molecule has 3 nitrogen and oxygen atoms in total. The summed E-state index contributed by atoms with van der Waals surface area (Å²) in [6.45, 7) is 3.71. The largest absolute Gasteiger partial charge is 0.385 e. The number of benzene rings is 1. The molecule has 0 fully saturated rings. The van der Waals surface area contributed by atoms with Crippen LogP contribution in [0.15, 0.2) is 24.3 Å². The summed E-state index contributed by atoms with van der Waals surface area (Å²) in [7, 11) is 0. The molecule has 0 aliphatic heterocycles. The van der Waals surface area contributed by atoms with Crippen LogP contribution >= 0.6 is 11.8 Å². The lowest BCUT2D eigenvalue weighted by Gasteiger charge is -2.07. The Kier molecular flexibility index (Phi) is 8.14. The van der Waals surface area contributed by atoms with Crippen LogP contribution < -0.4 is 10.6 Å². The standard InChI is InChI=1S/C15H24N2OS/c1-3-16-14-9-7-13(8-10-14)15(18)17-11-5-4-6-12-19-2/h7-10,16H,3-6,11-12H2,1-2H3,(H,17,18). The van der Waals surface area contributed by atoms with Crippen molar-refractivity contribution in [3.05, 3.63) is 29.8 Å². The highest BCUT2D eigenvalue weighted by Gasteiger charge is 2.03. The maximum Gasteiger partial charge on any atom is 0.251 e. The lowest BCUT2D eigenvalue weighted by molar-refractivity contribution is 0.0953. The van der Waals surface area contributed by atoms with Gasteiger partial charge in [0.1, 0.15) is 0 Å². The molecule has 0 spiro atoms. The second-order valence-electron chi connectivity index (χ2n) is 4.42. The smallest absolute Gasteiger partial charge is 0.251 e. The number of anilines is 1. The highest BCUT2D eigenvalue weighted by Crippen LogP contribution is 2.09. The van der Waals surface area contributed by atoms with Gasteiger partial charge in [0.2, 0.25) is 0 Å². The van der Waals surface area contributed by atoms with Gasteiger partial charge in [-0.25, -0.2) is 0 Å². The van der Waals surface area contributed by atoms with Crippen LogP contribution in [0.1, 0.15) is 36.5 Å². The average Bonchev–Trinajstić information content (AvgIpc) is 2.43. The van der Waals surface area contributed by atoms with E-state index >= 15 is 0 Å². The number of unbranched alkanes of at least 4 members (excludes halogenated alkanes) is 2. The minimum Gasteiger partial charge on any atom is -0.385 e. The van der Waals surface area contributed by atoms with Crippen LogP contribution in [0.25, 0.3) is 0 Å². The molecule has 19 heavy (non-hydrogen) atoms. The third-order valence-corrected chi connectivity index (χ3v) is 3.54. The van der Waals surface area contributed by atoms with Gasteiger partial charge < -0.3 is 10.6 Å². The SMILES string of the molecule is CCNc1ccc(C(=O)NCCCCCSC)cc1. The van der Waals surface area contributed by atoms with Crippen LogP contribution in [0.4, 0.5) is 5.69 Å². The van der Waals surface area contributed by atoms with Crippen molar-refractivity contribution in [2.45, 2.75) is 26.2 Å².